The molecule has 1 amide bonds. The minimum atomic E-state index is -0.0841. The highest BCUT2D eigenvalue weighted by atomic mass is 16.1. The van der Waals surface area contributed by atoms with E-state index in [-0.39, 0.29) is 5.91 Å². The van der Waals surface area contributed by atoms with Gasteiger partial charge in [0.25, 0.3) is 5.91 Å². The van der Waals surface area contributed by atoms with E-state index in [0.717, 1.165) is 29.1 Å². The van der Waals surface area contributed by atoms with E-state index in [2.05, 4.69) is 15.5 Å². The van der Waals surface area contributed by atoms with E-state index in [9.17, 15) is 4.79 Å². The summed E-state index contributed by atoms with van der Waals surface area (Å²) in [6.45, 7) is 4.25. The van der Waals surface area contributed by atoms with E-state index < -0.39 is 0 Å². The first-order valence-corrected chi connectivity index (χ1v) is 6.22. The SMILES string of the molecule is Cc1n[nH]c(C)c1C(=O)NCCc1ccc(N)cc1. The Bertz CT molecular complexity index is 552. The van der Waals surface area contributed by atoms with Crippen LogP contribution in [0.15, 0.2) is 24.3 Å². The first-order valence-electron chi connectivity index (χ1n) is 6.22. The quantitative estimate of drug-likeness (QED) is 0.728. The Labute approximate surface area is 112 Å². The van der Waals surface area contributed by atoms with Crippen LogP contribution in [0.3, 0.4) is 0 Å². The average molecular weight is 258 g/mol. The fourth-order valence-electron chi connectivity index (χ4n) is 1.98. The van der Waals surface area contributed by atoms with Gasteiger partial charge in [-0.05, 0) is 38.0 Å². The maximum atomic E-state index is 12.0. The number of amides is 1. The predicted octanol–water partition coefficient (Wildman–Crippen LogP) is 1.58. The molecule has 1 heterocycles. The molecule has 0 radical (unpaired) electrons. The van der Waals surface area contributed by atoms with Gasteiger partial charge in [-0.3, -0.25) is 9.89 Å². The largest absolute Gasteiger partial charge is 0.399 e. The number of aryl methyl sites for hydroxylation is 2. The number of carbonyl (C=O) groups is 1. The summed E-state index contributed by atoms with van der Waals surface area (Å²) in [5.41, 5.74) is 9.67. The van der Waals surface area contributed by atoms with Crippen LogP contribution in [0.5, 0.6) is 0 Å². The Balaban J connectivity index is 1.89. The van der Waals surface area contributed by atoms with Gasteiger partial charge in [-0.15, -0.1) is 0 Å². The van der Waals surface area contributed by atoms with Crippen LogP contribution in [-0.2, 0) is 6.42 Å². The number of nitrogens with zero attached hydrogens (tertiary/aromatic N) is 1. The molecule has 0 unspecified atom stereocenters. The van der Waals surface area contributed by atoms with Crippen molar-refractivity contribution in [2.45, 2.75) is 20.3 Å². The molecule has 2 aromatic rings. The summed E-state index contributed by atoms with van der Waals surface area (Å²) in [5, 5.41) is 9.72. The number of carbonyl (C=O) groups excluding carboxylic acids is 1. The zero-order valence-corrected chi connectivity index (χ0v) is 11.2. The third-order valence-corrected chi connectivity index (χ3v) is 3.03. The lowest BCUT2D eigenvalue weighted by Gasteiger charge is -2.06. The van der Waals surface area contributed by atoms with Gasteiger partial charge in [0, 0.05) is 17.9 Å². The first kappa shape index (κ1) is 13.1. The van der Waals surface area contributed by atoms with E-state index in [1.54, 1.807) is 0 Å². The highest BCUT2D eigenvalue weighted by Crippen LogP contribution is 2.09. The van der Waals surface area contributed by atoms with Crippen molar-refractivity contribution >= 4 is 11.6 Å². The fourth-order valence-corrected chi connectivity index (χ4v) is 1.98. The molecule has 5 heteroatoms. The van der Waals surface area contributed by atoms with Crippen molar-refractivity contribution in [1.82, 2.24) is 15.5 Å². The standard InChI is InChI=1S/C14H18N4O/c1-9-13(10(2)18-17-9)14(19)16-8-7-11-3-5-12(15)6-4-11/h3-6H,7-8,15H2,1-2H3,(H,16,19)(H,17,18). The van der Waals surface area contributed by atoms with Crippen LogP contribution in [0.2, 0.25) is 0 Å². The molecule has 1 aromatic heterocycles. The lowest BCUT2D eigenvalue weighted by atomic mass is 10.1. The van der Waals surface area contributed by atoms with Gasteiger partial charge in [0.15, 0.2) is 0 Å². The average Bonchev–Trinajstić information content (AvgIpc) is 2.71. The fraction of sp³-hybridized carbons (Fsp3) is 0.286. The number of aromatic nitrogens is 2. The number of nitrogens with two attached hydrogens (primary N) is 1. The van der Waals surface area contributed by atoms with Gasteiger partial charge in [0.2, 0.25) is 0 Å². The maximum absolute atomic E-state index is 12.0. The maximum Gasteiger partial charge on any atom is 0.255 e. The third-order valence-electron chi connectivity index (χ3n) is 3.03. The summed E-state index contributed by atoms with van der Waals surface area (Å²) in [7, 11) is 0. The molecule has 5 nitrogen and oxygen atoms in total. The van der Waals surface area contributed by atoms with Crippen LogP contribution in [0, 0.1) is 13.8 Å². The molecule has 1 aromatic carbocycles. The molecule has 0 saturated carbocycles. The van der Waals surface area contributed by atoms with E-state index in [4.69, 9.17) is 5.73 Å². The van der Waals surface area contributed by atoms with Gasteiger partial charge in [0.1, 0.15) is 0 Å². The topological polar surface area (TPSA) is 83.8 Å². The lowest BCUT2D eigenvalue weighted by Crippen LogP contribution is -2.26. The monoisotopic (exact) mass is 258 g/mol. The summed E-state index contributed by atoms with van der Waals surface area (Å²) < 4.78 is 0. The second-order valence-electron chi connectivity index (χ2n) is 4.56. The number of aromatic amines is 1. The van der Waals surface area contributed by atoms with Gasteiger partial charge in [-0.2, -0.15) is 5.10 Å². The molecule has 0 atom stereocenters. The molecule has 0 aliphatic rings. The lowest BCUT2D eigenvalue weighted by molar-refractivity contribution is 0.0953. The first-order chi connectivity index (χ1) is 9.08. The molecule has 2 rings (SSSR count). The molecule has 4 N–H and O–H groups in total. The Morgan fingerprint density at radius 2 is 2.00 bits per heavy atom. The van der Waals surface area contributed by atoms with Gasteiger partial charge < -0.3 is 11.1 Å². The van der Waals surface area contributed by atoms with E-state index >= 15 is 0 Å². The molecule has 0 fully saturated rings. The van der Waals surface area contributed by atoms with Gasteiger partial charge in [-0.1, -0.05) is 12.1 Å². The molecule has 0 saturated heterocycles. The van der Waals surface area contributed by atoms with Crippen LogP contribution in [0.1, 0.15) is 27.3 Å². The van der Waals surface area contributed by atoms with Crippen molar-refractivity contribution < 1.29 is 4.79 Å². The Morgan fingerprint density at radius 3 is 2.58 bits per heavy atom. The Hall–Kier alpha value is -2.30. The number of benzene rings is 1. The van der Waals surface area contributed by atoms with Crippen LogP contribution in [0.4, 0.5) is 5.69 Å². The summed E-state index contributed by atoms with van der Waals surface area (Å²) >= 11 is 0. The molecule has 19 heavy (non-hydrogen) atoms. The van der Waals surface area contributed by atoms with Crippen molar-refractivity contribution in [3.63, 3.8) is 0 Å². The zero-order valence-electron chi connectivity index (χ0n) is 11.2. The predicted molar refractivity (Wildman–Crippen MR) is 75.0 cm³/mol. The molecule has 0 bridgehead atoms. The molecular weight excluding hydrogens is 240 g/mol. The Morgan fingerprint density at radius 1 is 1.32 bits per heavy atom. The minimum absolute atomic E-state index is 0.0841. The zero-order chi connectivity index (χ0) is 13.8. The summed E-state index contributed by atoms with van der Waals surface area (Å²) in [6, 6.07) is 7.66. The second-order valence-corrected chi connectivity index (χ2v) is 4.56. The summed E-state index contributed by atoms with van der Waals surface area (Å²) in [6.07, 6.45) is 0.780. The smallest absolute Gasteiger partial charge is 0.255 e. The normalized spacial score (nSPS) is 10.4. The van der Waals surface area contributed by atoms with Crippen molar-refractivity contribution in [2.24, 2.45) is 0 Å². The number of hydrogen-bond donors (Lipinski definition) is 3. The van der Waals surface area contributed by atoms with Crippen molar-refractivity contribution in [2.75, 3.05) is 12.3 Å². The van der Waals surface area contributed by atoms with Gasteiger partial charge in [-0.25, -0.2) is 0 Å². The van der Waals surface area contributed by atoms with Crippen LogP contribution in [-0.4, -0.2) is 22.6 Å². The van der Waals surface area contributed by atoms with Crippen molar-refractivity contribution in [3.05, 3.63) is 46.8 Å². The minimum Gasteiger partial charge on any atom is -0.399 e. The van der Waals surface area contributed by atoms with Crippen molar-refractivity contribution in [3.8, 4) is 0 Å². The van der Waals surface area contributed by atoms with Crippen molar-refractivity contribution in [1.29, 1.82) is 0 Å². The molecule has 0 aliphatic carbocycles. The second kappa shape index (κ2) is 5.56. The summed E-state index contributed by atoms with van der Waals surface area (Å²) in [5.74, 6) is -0.0841. The molecule has 0 aliphatic heterocycles. The van der Waals surface area contributed by atoms with E-state index in [1.165, 1.54) is 0 Å². The number of nitrogen functional groups attached to an aromatic ring is 1. The molecular formula is C14H18N4O. The van der Waals surface area contributed by atoms with Crippen LogP contribution >= 0.6 is 0 Å². The Kier molecular flexibility index (Phi) is 3.85. The van der Waals surface area contributed by atoms with E-state index in [1.807, 2.05) is 38.1 Å². The van der Waals surface area contributed by atoms with Gasteiger partial charge in [0.05, 0.1) is 11.3 Å². The number of nitrogens with one attached hydrogen (secondary N) is 2. The molecule has 0 spiro atoms. The number of H-pyrrole nitrogens is 1. The van der Waals surface area contributed by atoms with E-state index in [0.29, 0.717) is 12.1 Å². The highest BCUT2D eigenvalue weighted by molar-refractivity contribution is 5.96. The number of rotatable bonds is 4. The van der Waals surface area contributed by atoms with Crippen LogP contribution < -0.4 is 11.1 Å². The van der Waals surface area contributed by atoms with Crippen LogP contribution in [0.25, 0.3) is 0 Å². The van der Waals surface area contributed by atoms with Gasteiger partial charge >= 0.3 is 0 Å². The highest BCUT2D eigenvalue weighted by Gasteiger charge is 2.14. The third kappa shape index (κ3) is 3.13. The number of hydrogen-bond acceptors (Lipinski definition) is 3. The number of anilines is 1. The summed E-state index contributed by atoms with van der Waals surface area (Å²) in [4.78, 5) is 12.0. The molecule has 100 valence electrons.